The van der Waals surface area contributed by atoms with E-state index in [-0.39, 0.29) is 10.6 Å². The van der Waals surface area contributed by atoms with Gasteiger partial charge in [-0.05, 0) is 42.5 Å². The number of hydrogen-bond donors (Lipinski definition) is 0. The molecule has 2 aromatic carbocycles. The Morgan fingerprint density at radius 1 is 1.00 bits per heavy atom. The maximum absolute atomic E-state index is 11.9. The van der Waals surface area contributed by atoms with Gasteiger partial charge in [0.1, 0.15) is 10.6 Å². The van der Waals surface area contributed by atoms with Gasteiger partial charge in [-0.25, -0.2) is 0 Å². The van der Waals surface area contributed by atoms with Gasteiger partial charge in [0.25, 0.3) is 0 Å². The van der Waals surface area contributed by atoms with Crippen molar-refractivity contribution in [3.63, 3.8) is 0 Å². The Balaban J connectivity index is 2.29. The van der Waals surface area contributed by atoms with Crippen LogP contribution >= 0.6 is 15.9 Å². The molecular weight excluding hydrogens is 304 g/mol. The molecule has 0 aliphatic heterocycles. The van der Waals surface area contributed by atoms with Gasteiger partial charge in [-0.1, -0.05) is 28.1 Å². The molecule has 0 unspecified atom stereocenters. The summed E-state index contributed by atoms with van der Waals surface area (Å²) in [5.74, 6) is 0.270. The zero-order valence-corrected chi connectivity index (χ0v) is 11.0. The van der Waals surface area contributed by atoms with Crippen LogP contribution in [0.4, 0.5) is 0 Å². The van der Waals surface area contributed by atoms with E-state index in [2.05, 4.69) is 22.0 Å². The molecule has 0 N–H and O–H groups in total. The lowest BCUT2D eigenvalue weighted by Crippen LogP contribution is -2.09. The van der Waals surface area contributed by atoms with Gasteiger partial charge in [-0.2, -0.15) is 8.42 Å². The fraction of sp³-hybridized carbons (Fsp3) is 0. The van der Waals surface area contributed by atoms with Crippen molar-refractivity contribution in [2.24, 2.45) is 0 Å². The summed E-state index contributed by atoms with van der Waals surface area (Å²) in [4.78, 5) is 0.119. The van der Waals surface area contributed by atoms with Crippen molar-refractivity contribution in [2.75, 3.05) is 0 Å². The molecular formula is C12H8BrO3S. The van der Waals surface area contributed by atoms with Crippen molar-refractivity contribution in [3.8, 4) is 5.75 Å². The van der Waals surface area contributed by atoms with Gasteiger partial charge in [0.2, 0.25) is 0 Å². The third-order valence-electron chi connectivity index (χ3n) is 2.00. The lowest BCUT2D eigenvalue weighted by atomic mass is 10.3. The summed E-state index contributed by atoms with van der Waals surface area (Å²) in [6.07, 6.45) is 0. The van der Waals surface area contributed by atoms with Crippen LogP contribution in [-0.2, 0) is 10.1 Å². The van der Waals surface area contributed by atoms with Gasteiger partial charge in [0, 0.05) is 4.47 Å². The Kier molecular flexibility index (Phi) is 3.49. The molecule has 0 aliphatic rings. The van der Waals surface area contributed by atoms with E-state index in [0.717, 1.165) is 4.47 Å². The first-order chi connectivity index (χ1) is 8.08. The maximum atomic E-state index is 11.9. The monoisotopic (exact) mass is 311 g/mol. The highest BCUT2D eigenvalue weighted by Gasteiger charge is 2.15. The number of rotatable bonds is 3. The average molecular weight is 312 g/mol. The van der Waals surface area contributed by atoms with Gasteiger partial charge in [-0.3, -0.25) is 0 Å². The minimum absolute atomic E-state index is 0.119. The van der Waals surface area contributed by atoms with E-state index in [4.69, 9.17) is 4.18 Å². The standard InChI is InChI=1S/C12H8BrO3S/c13-10-6-8-12(9-7-10)17(14,15)16-11-4-2-1-3-5-11/h2-9H. The third-order valence-corrected chi connectivity index (χ3v) is 3.79. The van der Waals surface area contributed by atoms with E-state index in [1.807, 2.05) is 0 Å². The molecule has 0 fully saturated rings. The summed E-state index contributed by atoms with van der Waals surface area (Å²) < 4.78 is 29.5. The van der Waals surface area contributed by atoms with E-state index in [1.54, 1.807) is 24.3 Å². The molecule has 0 atom stereocenters. The quantitative estimate of drug-likeness (QED) is 0.818. The highest BCUT2D eigenvalue weighted by atomic mass is 79.9. The minimum atomic E-state index is -3.76. The number of benzene rings is 2. The van der Waals surface area contributed by atoms with Crippen LogP contribution in [0, 0.1) is 6.07 Å². The van der Waals surface area contributed by atoms with Crippen LogP contribution < -0.4 is 4.18 Å². The first-order valence-corrected chi connectivity index (χ1v) is 6.94. The van der Waals surface area contributed by atoms with Crippen LogP contribution in [0.5, 0.6) is 5.75 Å². The second-order valence-electron chi connectivity index (χ2n) is 3.23. The Hall–Kier alpha value is -1.33. The molecule has 3 nitrogen and oxygen atoms in total. The largest absolute Gasteiger partial charge is 0.379 e. The lowest BCUT2D eigenvalue weighted by molar-refractivity contribution is 0.486. The predicted molar refractivity (Wildman–Crippen MR) is 67.2 cm³/mol. The van der Waals surface area contributed by atoms with Crippen molar-refractivity contribution in [1.29, 1.82) is 0 Å². The van der Waals surface area contributed by atoms with Crippen molar-refractivity contribution in [2.45, 2.75) is 4.90 Å². The Bertz CT molecular complexity index is 591. The van der Waals surface area contributed by atoms with Crippen LogP contribution in [0.25, 0.3) is 0 Å². The zero-order valence-electron chi connectivity index (χ0n) is 8.63. The molecule has 0 aliphatic carbocycles. The second kappa shape index (κ2) is 4.89. The fourth-order valence-corrected chi connectivity index (χ4v) is 2.40. The third kappa shape index (κ3) is 3.08. The maximum Gasteiger partial charge on any atom is 0.339 e. The molecule has 0 heterocycles. The van der Waals surface area contributed by atoms with Gasteiger partial charge < -0.3 is 4.18 Å². The van der Waals surface area contributed by atoms with E-state index >= 15 is 0 Å². The van der Waals surface area contributed by atoms with Gasteiger partial charge >= 0.3 is 10.1 Å². The molecule has 0 saturated carbocycles. The van der Waals surface area contributed by atoms with Gasteiger partial charge in [0.05, 0.1) is 0 Å². The minimum Gasteiger partial charge on any atom is -0.379 e. The topological polar surface area (TPSA) is 43.4 Å². The molecule has 2 rings (SSSR count). The highest BCUT2D eigenvalue weighted by molar-refractivity contribution is 9.10. The number of halogens is 1. The normalized spacial score (nSPS) is 11.1. The summed E-state index contributed by atoms with van der Waals surface area (Å²) in [6.45, 7) is 0. The Morgan fingerprint density at radius 2 is 1.59 bits per heavy atom. The lowest BCUT2D eigenvalue weighted by Gasteiger charge is -2.06. The molecule has 87 valence electrons. The summed E-state index contributed by atoms with van der Waals surface area (Å²) in [5, 5.41) is 0. The molecule has 17 heavy (non-hydrogen) atoms. The molecule has 0 saturated heterocycles. The fourth-order valence-electron chi connectivity index (χ4n) is 1.20. The van der Waals surface area contributed by atoms with Crippen molar-refractivity contribution in [1.82, 2.24) is 0 Å². The van der Waals surface area contributed by atoms with Crippen LogP contribution in [-0.4, -0.2) is 8.42 Å². The molecule has 1 radical (unpaired) electrons. The van der Waals surface area contributed by atoms with Crippen LogP contribution in [0.2, 0.25) is 0 Å². The summed E-state index contributed by atoms with van der Waals surface area (Å²) in [5.41, 5.74) is 0. The van der Waals surface area contributed by atoms with Crippen molar-refractivity contribution >= 4 is 26.0 Å². The van der Waals surface area contributed by atoms with E-state index in [0.29, 0.717) is 0 Å². The van der Waals surface area contributed by atoms with Gasteiger partial charge in [0.15, 0.2) is 0 Å². The summed E-state index contributed by atoms with van der Waals surface area (Å²) >= 11 is 3.24. The van der Waals surface area contributed by atoms with Crippen LogP contribution in [0.1, 0.15) is 0 Å². The van der Waals surface area contributed by atoms with E-state index in [1.165, 1.54) is 24.3 Å². The summed E-state index contributed by atoms with van der Waals surface area (Å²) in [6, 6.07) is 15.3. The highest BCUT2D eigenvalue weighted by Crippen LogP contribution is 2.19. The predicted octanol–water partition coefficient (Wildman–Crippen LogP) is 3.02. The first kappa shape index (κ1) is 12.1. The first-order valence-electron chi connectivity index (χ1n) is 4.74. The van der Waals surface area contributed by atoms with E-state index < -0.39 is 10.1 Å². The summed E-state index contributed by atoms with van der Waals surface area (Å²) in [7, 11) is -3.76. The second-order valence-corrected chi connectivity index (χ2v) is 5.69. The van der Waals surface area contributed by atoms with Gasteiger partial charge in [-0.15, -0.1) is 0 Å². The Morgan fingerprint density at radius 3 is 2.18 bits per heavy atom. The molecule has 0 aromatic heterocycles. The molecule has 5 heteroatoms. The van der Waals surface area contributed by atoms with Crippen molar-refractivity contribution in [3.05, 3.63) is 59.1 Å². The average Bonchev–Trinajstić information content (AvgIpc) is 2.30. The van der Waals surface area contributed by atoms with E-state index in [9.17, 15) is 8.42 Å². The SMILES string of the molecule is O=S(=O)(Oc1cc[c]cc1)c1ccc(Br)cc1. The molecule has 2 aromatic rings. The number of hydrogen-bond acceptors (Lipinski definition) is 3. The molecule has 0 spiro atoms. The molecule has 0 bridgehead atoms. The Labute approximate surface area is 108 Å². The van der Waals surface area contributed by atoms with Crippen molar-refractivity contribution < 1.29 is 12.6 Å². The van der Waals surface area contributed by atoms with Crippen LogP contribution in [0.15, 0.2) is 57.9 Å². The zero-order chi connectivity index (χ0) is 12.3. The molecule has 0 amide bonds. The van der Waals surface area contributed by atoms with Crippen LogP contribution in [0.3, 0.4) is 0 Å². The smallest absolute Gasteiger partial charge is 0.339 e.